The van der Waals surface area contributed by atoms with Gasteiger partial charge in [0.1, 0.15) is 11.5 Å². The van der Waals surface area contributed by atoms with Crippen LogP contribution in [0.3, 0.4) is 0 Å². The second-order valence-corrected chi connectivity index (χ2v) is 7.72. The zero-order chi connectivity index (χ0) is 21.3. The number of hydrogen-bond acceptors (Lipinski definition) is 7. The number of aryl methyl sites for hydroxylation is 1. The number of ketones is 1. The maximum absolute atomic E-state index is 13.2. The van der Waals surface area contributed by atoms with E-state index in [0.29, 0.717) is 16.9 Å². The van der Waals surface area contributed by atoms with Crippen LogP contribution in [0, 0.1) is 18.3 Å². The summed E-state index contributed by atoms with van der Waals surface area (Å²) < 4.78 is 0. The first-order chi connectivity index (χ1) is 14.5. The Morgan fingerprint density at radius 2 is 2.03 bits per heavy atom. The average molecular weight is 423 g/mol. The Balaban J connectivity index is 1.73. The number of fused-ring (bicyclic) bond motifs is 1. The molecule has 30 heavy (non-hydrogen) atoms. The summed E-state index contributed by atoms with van der Waals surface area (Å²) in [6.45, 7) is 3.47. The normalized spacial score (nSPS) is 15.0. The number of carbonyl (C=O) groups is 1. The number of carbonyl (C=O) groups excluding carboxylic acids is 1. The van der Waals surface area contributed by atoms with E-state index in [1.165, 1.54) is 6.20 Å². The number of H-pyrrole nitrogens is 1. The van der Waals surface area contributed by atoms with Crippen molar-refractivity contribution in [2.75, 3.05) is 18.0 Å². The molecule has 0 bridgehead atoms. The minimum absolute atomic E-state index is 0.0296. The summed E-state index contributed by atoms with van der Waals surface area (Å²) in [6, 6.07) is 7.14. The third-order valence-corrected chi connectivity index (χ3v) is 5.42. The monoisotopic (exact) mass is 422 g/mol. The molecule has 152 valence electrons. The molecule has 1 aliphatic heterocycles. The Kier molecular flexibility index (Phi) is 5.46. The highest BCUT2D eigenvalue weighted by molar-refractivity contribution is 6.33. The molecule has 4 rings (SSSR count). The molecule has 3 heterocycles. The minimum Gasteiger partial charge on any atom is -0.341 e. The third kappa shape index (κ3) is 3.76. The van der Waals surface area contributed by atoms with E-state index in [0.717, 1.165) is 37.9 Å². The van der Waals surface area contributed by atoms with Crippen LogP contribution >= 0.6 is 11.6 Å². The molecule has 1 unspecified atom stereocenters. The zero-order valence-electron chi connectivity index (χ0n) is 16.4. The fourth-order valence-corrected chi connectivity index (χ4v) is 3.75. The highest BCUT2D eigenvalue weighted by Crippen LogP contribution is 2.25. The van der Waals surface area contributed by atoms with Gasteiger partial charge in [-0.25, -0.2) is 15.0 Å². The molecule has 1 N–H and O–H groups in total. The van der Waals surface area contributed by atoms with E-state index >= 15 is 0 Å². The van der Waals surface area contributed by atoms with Gasteiger partial charge in [0, 0.05) is 13.1 Å². The topological polar surface area (TPSA) is 116 Å². The number of anilines is 1. The van der Waals surface area contributed by atoms with Crippen molar-refractivity contribution in [1.82, 2.24) is 19.9 Å². The lowest BCUT2D eigenvalue weighted by molar-refractivity contribution is 0.0971. The largest absolute Gasteiger partial charge is 0.341 e. The van der Waals surface area contributed by atoms with Crippen LogP contribution in [0.1, 0.15) is 47.1 Å². The van der Waals surface area contributed by atoms with Crippen molar-refractivity contribution in [2.24, 2.45) is 0 Å². The van der Waals surface area contributed by atoms with Crippen molar-refractivity contribution in [1.29, 1.82) is 5.26 Å². The molecule has 1 atom stereocenters. The Labute approximate surface area is 177 Å². The molecule has 0 saturated carbocycles. The summed E-state index contributed by atoms with van der Waals surface area (Å²) in [7, 11) is 0. The van der Waals surface area contributed by atoms with E-state index in [1.807, 2.05) is 24.0 Å². The quantitative estimate of drug-likeness (QED) is 0.642. The molecule has 2 aromatic heterocycles. The van der Waals surface area contributed by atoms with Crippen molar-refractivity contribution in [3.8, 4) is 6.07 Å². The lowest BCUT2D eigenvalue weighted by Crippen LogP contribution is -2.31. The minimum atomic E-state index is -1.34. The summed E-state index contributed by atoms with van der Waals surface area (Å²) in [4.78, 5) is 43.1. The number of Topliss-reactive ketones (excluding diaryl/α,β-unsaturated/α-hetero) is 1. The van der Waals surface area contributed by atoms with Gasteiger partial charge in [-0.1, -0.05) is 23.2 Å². The van der Waals surface area contributed by atoms with E-state index in [9.17, 15) is 14.9 Å². The van der Waals surface area contributed by atoms with Crippen molar-refractivity contribution < 1.29 is 4.79 Å². The van der Waals surface area contributed by atoms with Crippen LogP contribution in [0.15, 0.2) is 29.2 Å². The molecule has 1 fully saturated rings. The molecule has 1 aromatic carbocycles. The second kappa shape index (κ2) is 8.20. The third-order valence-electron chi connectivity index (χ3n) is 5.15. The average Bonchev–Trinajstić information content (AvgIpc) is 2.75. The van der Waals surface area contributed by atoms with Gasteiger partial charge in [0.15, 0.2) is 5.92 Å². The molecule has 0 aliphatic carbocycles. The van der Waals surface area contributed by atoms with Crippen LogP contribution in [0.25, 0.3) is 10.9 Å². The van der Waals surface area contributed by atoms with Crippen LogP contribution < -0.4 is 10.5 Å². The van der Waals surface area contributed by atoms with Gasteiger partial charge in [0.25, 0.3) is 5.56 Å². The van der Waals surface area contributed by atoms with Crippen LogP contribution in [0.4, 0.5) is 5.95 Å². The van der Waals surface area contributed by atoms with Crippen LogP contribution in [0.5, 0.6) is 0 Å². The lowest BCUT2D eigenvalue weighted by Gasteiger charge is -2.26. The fourth-order valence-electron chi connectivity index (χ4n) is 3.56. The molecular weight excluding hydrogens is 404 g/mol. The molecule has 0 radical (unpaired) electrons. The number of halogens is 1. The van der Waals surface area contributed by atoms with Crippen molar-refractivity contribution in [3.63, 3.8) is 0 Å². The Bertz CT molecular complexity index is 1230. The van der Waals surface area contributed by atoms with Crippen molar-refractivity contribution in [2.45, 2.75) is 32.1 Å². The van der Waals surface area contributed by atoms with Gasteiger partial charge in [-0.05, 0) is 38.3 Å². The number of benzene rings is 1. The Morgan fingerprint density at radius 1 is 1.27 bits per heavy atom. The predicted octanol–water partition coefficient (Wildman–Crippen LogP) is 3.16. The number of nitrogens with one attached hydrogen (secondary N) is 1. The van der Waals surface area contributed by atoms with Crippen LogP contribution in [-0.4, -0.2) is 38.8 Å². The van der Waals surface area contributed by atoms with Gasteiger partial charge >= 0.3 is 0 Å². The van der Waals surface area contributed by atoms with Gasteiger partial charge in [-0.2, -0.15) is 5.26 Å². The van der Waals surface area contributed by atoms with E-state index in [-0.39, 0.29) is 16.5 Å². The number of piperidine rings is 1. The Morgan fingerprint density at radius 3 is 2.77 bits per heavy atom. The number of rotatable bonds is 4. The summed E-state index contributed by atoms with van der Waals surface area (Å²) in [6.07, 6.45) is 4.57. The molecule has 3 aromatic rings. The van der Waals surface area contributed by atoms with Crippen molar-refractivity contribution >= 4 is 34.2 Å². The highest BCUT2D eigenvalue weighted by atomic mass is 35.5. The lowest BCUT2D eigenvalue weighted by atomic mass is 10.0. The van der Waals surface area contributed by atoms with E-state index < -0.39 is 17.3 Å². The Hall–Kier alpha value is -3.31. The second-order valence-electron chi connectivity index (χ2n) is 7.31. The fraction of sp³-hybridized carbons (Fsp3) is 0.333. The first kappa shape index (κ1) is 20.0. The van der Waals surface area contributed by atoms with Crippen LogP contribution in [-0.2, 0) is 0 Å². The number of aromatic nitrogens is 4. The van der Waals surface area contributed by atoms with Gasteiger partial charge in [0.05, 0.1) is 28.2 Å². The maximum atomic E-state index is 13.2. The van der Waals surface area contributed by atoms with Gasteiger partial charge in [-0.15, -0.1) is 0 Å². The summed E-state index contributed by atoms with van der Waals surface area (Å²) in [5.41, 5.74) is 0.864. The molecule has 9 heteroatoms. The molecule has 0 spiro atoms. The van der Waals surface area contributed by atoms with Gasteiger partial charge < -0.3 is 9.88 Å². The number of hydrogen-bond donors (Lipinski definition) is 1. The highest BCUT2D eigenvalue weighted by Gasteiger charge is 2.29. The molecule has 1 aliphatic rings. The number of nitriles is 1. The molecular formula is C21H19ClN6O2. The summed E-state index contributed by atoms with van der Waals surface area (Å²) in [5, 5.41) is 10.2. The van der Waals surface area contributed by atoms with E-state index in [4.69, 9.17) is 11.6 Å². The first-order valence-corrected chi connectivity index (χ1v) is 10.1. The van der Waals surface area contributed by atoms with E-state index in [1.54, 1.807) is 12.1 Å². The van der Waals surface area contributed by atoms with Gasteiger partial charge in [0.2, 0.25) is 11.7 Å². The molecule has 0 amide bonds. The summed E-state index contributed by atoms with van der Waals surface area (Å²) >= 11 is 6.20. The zero-order valence-corrected chi connectivity index (χ0v) is 17.1. The summed E-state index contributed by atoms with van der Waals surface area (Å²) in [5.74, 6) is -1.59. The van der Waals surface area contributed by atoms with Crippen LogP contribution in [0.2, 0.25) is 5.02 Å². The number of aromatic amines is 1. The standard InChI is InChI=1S/C21H19ClN6O2/c1-12-5-6-16-13(9-12)20(30)27-19(25-16)14(10-23)18(29)17-15(22)11-24-21(26-17)28-7-3-2-4-8-28/h5-6,9,11,14H,2-4,7-8H2,1H3,(H,25,27,30). The maximum Gasteiger partial charge on any atom is 0.258 e. The SMILES string of the molecule is Cc1ccc2nc(C(C#N)C(=O)c3nc(N4CCCCC4)ncc3Cl)[nH]c(=O)c2c1. The van der Waals surface area contributed by atoms with E-state index in [2.05, 4.69) is 19.9 Å². The van der Waals surface area contributed by atoms with Gasteiger partial charge in [-0.3, -0.25) is 9.59 Å². The molecule has 8 nitrogen and oxygen atoms in total. The number of nitrogens with zero attached hydrogens (tertiary/aromatic N) is 5. The molecule has 1 saturated heterocycles. The smallest absolute Gasteiger partial charge is 0.258 e. The first-order valence-electron chi connectivity index (χ1n) is 9.70. The predicted molar refractivity (Wildman–Crippen MR) is 113 cm³/mol. The van der Waals surface area contributed by atoms with Crippen molar-refractivity contribution in [3.05, 3.63) is 56.9 Å².